The molecule has 0 aliphatic rings. The van der Waals surface area contributed by atoms with Crippen LogP contribution in [-0.2, 0) is 6.54 Å². The predicted molar refractivity (Wildman–Crippen MR) is 67.8 cm³/mol. The van der Waals surface area contributed by atoms with Crippen LogP contribution >= 0.6 is 11.3 Å². The molecule has 0 fully saturated rings. The van der Waals surface area contributed by atoms with Crippen LogP contribution in [0.25, 0.3) is 5.78 Å². The number of aromatic amines is 1. The van der Waals surface area contributed by atoms with Crippen LogP contribution < -0.4 is 10.2 Å². The fraction of sp³-hybridized carbons (Fsp3) is 0.200. The van der Waals surface area contributed by atoms with Gasteiger partial charge in [0.2, 0.25) is 0 Å². The standard InChI is InChI=1S/C10H10N6OS/c1-6-2-8(16-9(14-6)12-5-13-16)11-3-7-4-18-10(17)15-7/h2,4-5,11H,3H2,1H3,(H,15,17). The van der Waals surface area contributed by atoms with Gasteiger partial charge in [0.25, 0.3) is 5.78 Å². The summed E-state index contributed by atoms with van der Waals surface area (Å²) in [5.41, 5.74) is 1.70. The van der Waals surface area contributed by atoms with Crippen LogP contribution in [0.5, 0.6) is 0 Å². The molecule has 0 bridgehead atoms. The molecule has 0 atom stereocenters. The van der Waals surface area contributed by atoms with Crippen molar-refractivity contribution in [2.75, 3.05) is 5.32 Å². The zero-order chi connectivity index (χ0) is 12.5. The second-order valence-corrected chi connectivity index (χ2v) is 4.62. The average Bonchev–Trinajstić information content (AvgIpc) is 2.94. The Morgan fingerprint density at radius 3 is 3.22 bits per heavy atom. The zero-order valence-corrected chi connectivity index (χ0v) is 10.4. The van der Waals surface area contributed by atoms with E-state index in [4.69, 9.17) is 0 Å². The van der Waals surface area contributed by atoms with E-state index in [1.54, 1.807) is 9.90 Å². The van der Waals surface area contributed by atoms with Crippen LogP contribution in [0.2, 0.25) is 0 Å². The minimum absolute atomic E-state index is 0.0522. The molecule has 0 aromatic carbocycles. The Morgan fingerprint density at radius 2 is 2.44 bits per heavy atom. The van der Waals surface area contributed by atoms with E-state index in [1.807, 2.05) is 13.0 Å². The normalized spacial score (nSPS) is 10.9. The van der Waals surface area contributed by atoms with E-state index >= 15 is 0 Å². The van der Waals surface area contributed by atoms with Crippen molar-refractivity contribution in [1.82, 2.24) is 24.6 Å². The maximum Gasteiger partial charge on any atom is 0.304 e. The van der Waals surface area contributed by atoms with Gasteiger partial charge in [0.15, 0.2) is 0 Å². The average molecular weight is 262 g/mol. The van der Waals surface area contributed by atoms with Crippen LogP contribution in [-0.4, -0.2) is 24.6 Å². The van der Waals surface area contributed by atoms with Gasteiger partial charge in [0.05, 0.1) is 6.54 Å². The summed E-state index contributed by atoms with van der Waals surface area (Å²) >= 11 is 1.15. The lowest BCUT2D eigenvalue weighted by Crippen LogP contribution is -2.08. The third-order valence-electron chi connectivity index (χ3n) is 2.41. The van der Waals surface area contributed by atoms with E-state index in [2.05, 4.69) is 25.4 Å². The third kappa shape index (κ3) is 1.97. The highest BCUT2D eigenvalue weighted by molar-refractivity contribution is 7.07. The molecule has 3 rings (SSSR count). The zero-order valence-electron chi connectivity index (χ0n) is 9.54. The lowest BCUT2D eigenvalue weighted by molar-refractivity contribution is 0.910. The number of thiazole rings is 1. The van der Waals surface area contributed by atoms with Crippen molar-refractivity contribution < 1.29 is 0 Å². The highest BCUT2D eigenvalue weighted by Gasteiger charge is 2.05. The number of nitrogens with zero attached hydrogens (tertiary/aromatic N) is 4. The highest BCUT2D eigenvalue weighted by atomic mass is 32.1. The smallest absolute Gasteiger partial charge is 0.304 e. The number of H-pyrrole nitrogens is 1. The van der Waals surface area contributed by atoms with Crippen LogP contribution in [0.1, 0.15) is 11.4 Å². The van der Waals surface area contributed by atoms with E-state index in [-0.39, 0.29) is 4.87 Å². The fourth-order valence-electron chi connectivity index (χ4n) is 1.64. The summed E-state index contributed by atoms with van der Waals surface area (Å²) in [6.45, 7) is 2.42. The van der Waals surface area contributed by atoms with Crippen molar-refractivity contribution >= 4 is 22.9 Å². The Morgan fingerprint density at radius 1 is 1.56 bits per heavy atom. The molecule has 3 heterocycles. The minimum Gasteiger partial charge on any atom is -0.364 e. The topological polar surface area (TPSA) is 88.0 Å². The summed E-state index contributed by atoms with van der Waals surface area (Å²) in [6, 6.07) is 1.88. The van der Waals surface area contributed by atoms with Gasteiger partial charge >= 0.3 is 4.87 Å². The summed E-state index contributed by atoms with van der Waals surface area (Å²) in [4.78, 5) is 22.0. The van der Waals surface area contributed by atoms with Gasteiger partial charge in [-0.15, -0.1) is 0 Å². The molecule has 0 aliphatic heterocycles. The Balaban J connectivity index is 1.90. The molecular weight excluding hydrogens is 252 g/mol. The fourth-order valence-corrected chi connectivity index (χ4v) is 2.22. The van der Waals surface area contributed by atoms with E-state index in [9.17, 15) is 4.79 Å². The van der Waals surface area contributed by atoms with E-state index in [1.165, 1.54) is 6.33 Å². The van der Waals surface area contributed by atoms with E-state index in [0.717, 1.165) is 28.5 Å². The molecule has 8 heteroatoms. The van der Waals surface area contributed by atoms with Crippen LogP contribution in [0, 0.1) is 6.92 Å². The van der Waals surface area contributed by atoms with Gasteiger partial charge in [-0.3, -0.25) is 4.79 Å². The van der Waals surface area contributed by atoms with Crippen molar-refractivity contribution in [3.05, 3.63) is 38.8 Å². The lowest BCUT2D eigenvalue weighted by Gasteiger charge is -2.07. The summed E-state index contributed by atoms with van der Waals surface area (Å²) in [7, 11) is 0. The summed E-state index contributed by atoms with van der Waals surface area (Å²) in [5.74, 6) is 1.35. The first-order valence-electron chi connectivity index (χ1n) is 5.30. The van der Waals surface area contributed by atoms with Gasteiger partial charge in [-0.25, -0.2) is 4.98 Å². The quantitative estimate of drug-likeness (QED) is 0.728. The molecule has 7 nitrogen and oxygen atoms in total. The van der Waals surface area contributed by atoms with Crippen LogP contribution in [0.3, 0.4) is 0 Å². The monoisotopic (exact) mass is 262 g/mol. The Labute approximate surface area is 106 Å². The molecule has 3 aromatic heterocycles. The summed E-state index contributed by atoms with van der Waals surface area (Å²) in [6.07, 6.45) is 1.46. The Bertz CT molecular complexity index is 742. The van der Waals surface area contributed by atoms with Gasteiger partial charge in [-0.05, 0) is 6.92 Å². The molecule has 3 aromatic rings. The number of fused-ring (bicyclic) bond motifs is 1. The maximum atomic E-state index is 11.0. The molecule has 2 N–H and O–H groups in total. The van der Waals surface area contributed by atoms with Crippen molar-refractivity contribution in [1.29, 1.82) is 0 Å². The second-order valence-electron chi connectivity index (χ2n) is 3.78. The first kappa shape index (κ1) is 10.9. The van der Waals surface area contributed by atoms with E-state index < -0.39 is 0 Å². The number of hydrogen-bond acceptors (Lipinski definition) is 6. The van der Waals surface area contributed by atoms with Gasteiger partial charge in [-0.1, -0.05) is 11.3 Å². The maximum absolute atomic E-state index is 11.0. The van der Waals surface area contributed by atoms with Gasteiger partial charge in [0, 0.05) is 22.8 Å². The first-order chi connectivity index (χ1) is 8.72. The Hall–Kier alpha value is -2.22. The van der Waals surface area contributed by atoms with Crippen LogP contribution in [0.4, 0.5) is 5.82 Å². The number of aryl methyl sites for hydroxylation is 1. The molecule has 0 unspecified atom stereocenters. The molecule has 0 aliphatic carbocycles. The van der Waals surface area contributed by atoms with Crippen molar-refractivity contribution in [2.24, 2.45) is 0 Å². The highest BCUT2D eigenvalue weighted by Crippen LogP contribution is 2.11. The molecular formula is C10H10N6OS. The largest absolute Gasteiger partial charge is 0.364 e. The second kappa shape index (κ2) is 4.22. The summed E-state index contributed by atoms with van der Waals surface area (Å²) < 4.78 is 1.62. The minimum atomic E-state index is -0.0522. The van der Waals surface area contributed by atoms with Gasteiger partial charge in [-0.2, -0.15) is 14.6 Å². The third-order valence-corrected chi connectivity index (χ3v) is 3.13. The molecule has 18 heavy (non-hydrogen) atoms. The number of rotatable bonds is 3. The van der Waals surface area contributed by atoms with Crippen molar-refractivity contribution in [3.63, 3.8) is 0 Å². The number of hydrogen-bond donors (Lipinski definition) is 2. The molecule has 0 saturated carbocycles. The lowest BCUT2D eigenvalue weighted by atomic mass is 10.4. The molecule has 0 saturated heterocycles. The Kier molecular flexibility index (Phi) is 2.56. The number of anilines is 1. The predicted octanol–water partition coefficient (Wildman–Crippen LogP) is 0.795. The summed E-state index contributed by atoms with van der Waals surface area (Å²) in [5, 5.41) is 9.08. The van der Waals surface area contributed by atoms with Gasteiger partial charge < -0.3 is 10.3 Å². The number of nitrogens with one attached hydrogen (secondary N) is 2. The molecule has 0 radical (unpaired) electrons. The van der Waals surface area contributed by atoms with Gasteiger partial charge in [0.1, 0.15) is 12.1 Å². The first-order valence-corrected chi connectivity index (χ1v) is 6.18. The van der Waals surface area contributed by atoms with Crippen molar-refractivity contribution in [3.8, 4) is 0 Å². The molecule has 92 valence electrons. The molecule has 0 spiro atoms. The number of aromatic nitrogens is 5. The van der Waals surface area contributed by atoms with Crippen molar-refractivity contribution in [2.45, 2.75) is 13.5 Å². The molecule has 0 amide bonds. The van der Waals surface area contributed by atoms with E-state index in [0.29, 0.717) is 12.3 Å². The van der Waals surface area contributed by atoms with Crippen LogP contribution in [0.15, 0.2) is 22.6 Å². The SMILES string of the molecule is Cc1cc(NCc2csc(=O)[nH]2)n2ncnc2n1.